The zero-order chi connectivity index (χ0) is 19.5. The van der Waals surface area contributed by atoms with Gasteiger partial charge < -0.3 is 15.4 Å². The number of ether oxygens (including phenoxy) is 1. The Morgan fingerprint density at radius 2 is 2.00 bits per heavy atom. The van der Waals surface area contributed by atoms with E-state index in [4.69, 9.17) is 10.00 Å². The van der Waals surface area contributed by atoms with E-state index in [1.54, 1.807) is 0 Å². The first-order valence-electron chi connectivity index (χ1n) is 9.72. The van der Waals surface area contributed by atoms with Crippen molar-refractivity contribution in [2.75, 3.05) is 6.54 Å². The second-order valence-corrected chi connectivity index (χ2v) is 7.25. The van der Waals surface area contributed by atoms with Gasteiger partial charge in [-0.15, -0.1) is 0 Å². The van der Waals surface area contributed by atoms with Crippen molar-refractivity contribution in [2.45, 2.75) is 58.1 Å². The maximum absolute atomic E-state index is 12.5. The predicted octanol–water partition coefficient (Wildman–Crippen LogP) is 3.53. The molecule has 3 atom stereocenters. The summed E-state index contributed by atoms with van der Waals surface area (Å²) in [6.07, 6.45) is 4.32. The van der Waals surface area contributed by atoms with E-state index in [0.717, 1.165) is 37.7 Å². The largest absolute Gasteiger partial charge is 0.445 e. The van der Waals surface area contributed by atoms with Crippen LogP contribution in [0.25, 0.3) is 0 Å². The number of nitrogens with zero attached hydrogens (tertiary/aromatic N) is 1. The van der Waals surface area contributed by atoms with Gasteiger partial charge in [0.15, 0.2) is 0 Å². The van der Waals surface area contributed by atoms with Crippen LogP contribution in [0.4, 0.5) is 4.79 Å². The smallest absolute Gasteiger partial charge is 0.407 e. The van der Waals surface area contributed by atoms with Crippen LogP contribution in [0.1, 0.15) is 51.0 Å². The third kappa shape index (κ3) is 7.30. The van der Waals surface area contributed by atoms with E-state index in [2.05, 4.69) is 16.7 Å². The van der Waals surface area contributed by atoms with Gasteiger partial charge in [0, 0.05) is 19.0 Å². The highest BCUT2D eigenvalue weighted by Crippen LogP contribution is 2.25. The van der Waals surface area contributed by atoms with Gasteiger partial charge in [0.2, 0.25) is 5.91 Å². The summed E-state index contributed by atoms with van der Waals surface area (Å²) in [5, 5.41) is 14.5. The first-order chi connectivity index (χ1) is 13.1. The Balaban J connectivity index is 1.78. The van der Waals surface area contributed by atoms with Gasteiger partial charge in [-0.3, -0.25) is 4.79 Å². The molecule has 1 aromatic rings. The van der Waals surface area contributed by atoms with Crippen LogP contribution in [-0.4, -0.2) is 24.6 Å². The van der Waals surface area contributed by atoms with Crippen LogP contribution in [0.2, 0.25) is 0 Å². The number of rotatable bonds is 8. The average Bonchev–Trinajstić information content (AvgIpc) is 2.68. The maximum Gasteiger partial charge on any atom is 0.407 e. The topological polar surface area (TPSA) is 91.2 Å². The number of carbonyl (C=O) groups is 2. The number of amides is 2. The molecule has 2 rings (SSSR count). The quantitative estimate of drug-likeness (QED) is 0.731. The van der Waals surface area contributed by atoms with Gasteiger partial charge in [-0.05, 0) is 30.7 Å². The molecule has 1 saturated carbocycles. The zero-order valence-corrected chi connectivity index (χ0v) is 15.9. The number of alkyl carbamates (subject to hydrolysis) is 1. The monoisotopic (exact) mass is 371 g/mol. The Labute approximate surface area is 161 Å². The van der Waals surface area contributed by atoms with Crippen LogP contribution in [0.5, 0.6) is 0 Å². The van der Waals surface area contributed by atoms with Gasteiger partial charge in [-0.25, -0.2) is 4.79 Å². The van der Waals surface area contributed by atoms with Crippen LogP contribution >= 0.6 is 0 Å². The third-order valence-electron chi connectivity index (χ3n) is 4.99. The maximum atomic E-state index is 12.5. The molecule has 1 aromatic carbocycles. The van der Waals surface area contributed by atoms with Crippen molar-refractivity contribution in [1.29, 1.82) is 5.26 Å². The van der Waals surface area contributed by atoms with E-state index in [-0.39, 0.29) is 30.4 Å². The SMILES string of the molecule is CC(CC#N)CCNC(=O)C1CCCCC1NC(=O)OCc1ccccc1. The average molecular weight is 371 g/mol. The first-order valence-corrected chi connectivity index (χ1v) is 9.72. The standard InChI is InChI=1S/C21H29N3O3/c1-16(11-13-22)12-14-23-20(25)18-9-5-6-10-19(18)24-21(26)27-15-17-7-3-2-4-8-17/h2-4,7-8,16,18-19H,5-6,9-12,14-15H2,1H3,(H,23,25)(H,24,26). The van der Waals surface area contributed by atoms with Crippen molar-refractivity contribution in [2.24, 2.45) is 11.8 Å². The van der Waals surface area contributed by atoms with Gasteiger partial charge in [0.25, 0.3) is 0 Å². The van der Waals surface area contributed by atoms with Crippen LogP contribution in [0.15, 0.2) is 30.3 Å². The fourth-order valence-electron chi connectivity index (χ4n) is 3.36. The molecule has 27 heavy (non-hydrogen) atoms. The van der Waals surface area contributed by atoms with E-state index < -0.39 is 6.09 Å². The Bertz CT molecular complexity index is 642. The minimum atomic E-state index is -0.480. The lowest BCUT2D eigenvalue weighted by Crippen LogP contribution is -2.48. The molecular weight excluding hydrogens is 342 g/mol. The molecule has 6 heteroatoms. The van der Waals surface area contributed by atoms with Crippen molar-refractivity contribution in [3.05, 3.63) is 35.9 Å². The molecular formula is C21H29N3O3. The molecule has 1 aliphatic carbocycles. The summed E-state index contributed by atoms with van der Waals surface area (Å²) in [7, 11) is 0. The summed E-state index contributed by atoms with van der Waals surface area (Å²) >= 11 is 0. The summed E-state index contributed by atoms with van der Waals surface area (Å²) < 4.78 is 5.29. The Morgan fingerprint density at radius 3 is 2.74 bits per heavy atom. The number of nitriles is 1. The Hall–Kier alpha value is -2.55. The van der Waals surface area contributed by atoms with Crippen molar-refractivity contribution < 1.29 is 14.3 Å². The summed E-state index contributed by atoms with van der Waals surface area (Å²) in [5.41, 5.74) is 0.928. The van der Waals surface area contributed by atoms with E-state index >= 15 is 0 Å². The van der Waals surface area contributed by atoms with Crippen LogP contribution in [0, 0.1) is 23.2 Å². The molecule has 2 N–H and O–H groups in total. The molecule has 6 nitrogen and oxygen atoms in total. The number of hydrogen-bond acceptors (Lipinski definition) is 4. The lowest BCUT2D eigenvalue weighted by molar-refractivity contribution is -0.126. The van der Waals surface area contributed by atoms with Crippen LogP contribution < -0.4 is 10.6 Å². The fraction of sp³-hybridized carbons (Fsp3) is 0.571. The lowest BCUT2D eigenvalue weighted by atomic mass is 9.84. The van der Waals surface area contributed by atoms with E-state index in [1.807, 2.05) is 37.3 Å². The summed E-state index contributed by atoms with van der Waals surface area (Å²) in [6, 6.07) is 11.5. The van der Waals surface area contributed by atoms with Gasteiger partial charge in [0.05, 0.1) is 12.0 Å². The predicted molar refractivity (Wildman–Crippen MR) is 103 cm³/mol. The van der Waals surface area contributed by atoms with Gasteiger partial charge in [-0.2, -0.15) is 5.26 Å². The van der Waals surface area contributed by atoms with Crippen LogP contribution in [-0.2, 0) is 16.1 Å². The second kappa shape index (κ2) is 11.2. The molecule has 1 aliphatic rings. The molecule has 0 heterocycles. The lowest BCUT2D eigenvalue weighted by Gasteiger charge is -2.31. The fourth-order valence-corrected chi connectivity index (χ4v) is 3.36. The summed E-state index contributed by atoms with van der Waals surface area (Å²) in [6.45, 7) is 2.78. The molecule has 0 spiro atoms. The Morgan fingerprint density at radius 1 is 1.26 bits per heavy atom. The normalized spacial score (nSPS) is 20.1. The van der Waals surface area contributed by atoms with Crippen molar-refractivity contribution >= 4 is 12.0 Å². The summed E-state index contributed by atoms with van der Waals surface area (Å²) in [4.78, 5) is 24.7. The molecule has 0 saturated heterocycles. The minimum absolute atomic E-state index is 0.0211. The molecule has 0 aromatic heterocycles. The number of benzene rings is 1. The van der Waals surface area contributed by atoms with Gasteiger partial charge in [0.1, 0.15) is 6.61 Å². The van der Waals surface area contributed by atoms with Crippen molar-refractivity contribution in [1.82, 2.24) is 10.6 Å². The van der Waals surface area contributed by atoms with Gasteiger partial charge in [-0.1, -0.05) is 50.1 Å². The third-order valence-corrected chi connectivity index (χ3v) is 4.99. The molecule has 1 fully saturated rings. The second-order valence-electron chi connectivity index (χ2n) is 7.25. The molecule has 0 radical (unpaired) electrons. The Kier molecular flexibility index (Phi) is 8.63. The van der Waals surface area contributed by atoms with E-state index in [9.17, 15) is 9.59 Å². The first kappa shape index (κ1) is 20.8. The van der Waals surface area contributed by atoms with Crippen molar-refractivity contribution in [3.63, 3.8) is 0 Å². The minimum Gasteiger partial charge on any atom is -0.445 e. The zero-order valence-electron chi connectivity index (χ0n) is 15.9. The molecule has 2 amide bonds. The molecule has 0 aliphatic heterocycles. The highest BCUT2D eigenvalue weighted by atomic mass is 16.5. The van der Waals surface area contributed by atoms with Gasteiger partial charge >= 0.3 is 6.09 Å². The van der Waals surface area contributed by atoms with E-state index in [0.29, 0.717) is 13.0 Å². The number of hydrogen-bond donors (Lipinski definition) is 2. The highest BCUT2D eigenvalue weighted by Gasteiger charge is 2.32. The highest BCUT2D eigenvalue weighted by molar-refractivity contribution is 5.80. The van der Waals surface area contributed by atoms with Crippen molar-refractivity contribution in [3.8, 4) is 6.07 Å². The van der Waals surface area contributed by atoms with Crippen LogP contribution in [0.3, 0.4) is 0 Å². The number of carbonyl (C=O) groups excluding carboxylic acids is 2. The molecule has 0 bridgehead atoms. The summed E-state index contributed by atoms with van der Waals surface area (Å²) in [5.74, 6) is 0.0186. The number of nitrogens with one attached hydrogen (secondary N) is 2. The van der Waals surface area contributed by atoms with E-state index in [1.165, 1.54) is 0 Å². The molecule has 146 valence electrons. The molecule has 3 unspecified atom stereocenters.